The molecule has 0 saturated carbocycles. The highest BCUT2D eigenvalue weighted by Gasteiger charge is 2.40. The smallest absolute Gasteiger partial charge is 0.337 e. The van der Waals surface area contributed by atoms with Gasteiger partial charge in [-0.05, 0) is 53.8 Å². The van der Waals surface area contributed by atoms with Crippen molar-refractivity contribution in [3.05, 3.63) is 60.2 Å². The fourth-order valence-electron chi connectivity index (χ4n) is 4.88. The van der Waals surface area contributed by atoms with Gasteiger partial charge in [-0.15, -0.1) is 0 Å². The fourth-order valence-corrected chi connectivity index (χ4v) is 4.88. The molecule has 0 aliphatic carbocycles. The van der Waals surface area contributed by atoms with E-state index in [4.69, 9.17) is 24.2 Å². The molecule has 1 aliphatic heterocycles. The highest BCUT2D eigenvalue weighted by atomic mass is 16.7. The number of aliphatic hydroxyl groups is 1. The van der Waals surface area contributed by atoms with E-state index in [1.165, 1.54) is 6.21 Å². The molecule has 4 atom stereocenters. The van der Waals surface area contributed by atoms with E-state index in [2.05, 4.69) is 11.2 Å². The van der Waals surface area contributed by atoms with Crippen molar-refractivity contribution >= 4 is 45.7 Å². The van der Waals surface area contributed by atoms with Gasteiger partial charge in [-0.3, -0.25) is 9.59 Å². The van der Waals surface area contributed by atoms with E-state index in [9.17, 15) is 14.4 Å². The lowest BCUT2D eigenvalue weighted by Crippen LogP contribution is -2.36. The topological polar surface area (TPSA) is 124 Å². The van der Waals surface area contributed by atoms with Crippen LogP contribution >= 0.6 is 0 Å². The van der Waals surface area contributed by atoms with Crippen molar-refractivity contribution in [1.82, 2.24) is 0 Å². The minimum absolute atomic E-state index is 0.0738. The number of hydrogen-bond acceptors (Lipinski definition) is 9. The molecule has 0 bridgehead atoms. The first-order chi connectivity index (χ1) is 19.8. The summed E-state index contributed by atoms with van der Waals surface area (Å²) >= 11 is 0. The lowest BCUT2D eigenvalue weighted by molar-refractivity contribution is -0.160. The zero-order valence-electron chi connectivity index (χ0n) is 23.7. The second kappa shape index (κ2) is 13.7. The highest BCUT2D eigenvalue weighted by Crippen LogP contribution is 2.35. The third-order valence-corrected chi connectivity index (χ3v) is 7.62. The van der Waals surface area contributed by atoms with Crippen LogP contribution in [-0.4, -0.2) is 61.8 Å². The summed E-state index contributed by atoms with van der Waals surface area (Å²) in [7, 11) is 0. The first kappa shape index (κ1) is 30.1. The molecule has 1 N–H and O–H groups in total. The lowest BCUT2D eigenvalue weighted by Gasteiger charge is -2.30. The summed E-state index contributed by atoms with van der Waals surface area (Å²) in [5.41, 5.74) is -0.145. The molecule has 4 unspecified atom stereocenters. The number of epoxide rings is 1. The average Bonchev–Trinajstić information content (AvgIpc) is 3.82. The van der Waals surface area contributed by atoms with Crippen LogP contribution in [0.1, 0.15) is 45.6 Å². The number of nitrogens with zero attached hydrogens (tertiary/aromatic N) is 1. The molecule has 1 aliphatic rings. The van der Waals surface area contributed by atoms with E-state index >= 15 is 0 Å². The number of rotatable bonds is 14. The van der Waals surface area contributed by atoms with Gasteiger partial charge in [0.2, 0.25) is 0 Å². The summed E-state index contributed by atoms with van der Waals surface area (Å²) < 4.78 is 15.7. The molecule has 0 spiro atoms. The summed E-state index contributed by atoms with van der Waals surface area (Å²) in [6.45, 7) is 5.44. The standard InChI is InChI=1S/C32H37NO8/c1-4-32(3,31(37)40-20-25-19-39-25)17-24(30(36)38-14-13-34)15-21(2)29(35)41-33-18-28-26-11-7-5-9-22(26)16-23-10-6-8-12-27(23)28/h5-12,16,18,21,24-25,34H,4,13-15,17,19-20H2,1-3H3. The number of esters is 2. The van der Waals surface area contributed by atoms with Crippen LogP contribution < -0.4 is 0 Å². The maximum atomic E-state index is 13.0. The first-order valence-corrected chi connectivity index (χ1v) is 14.0. The number of ether oxygens (including phenoxy) is 3. The molecule has 1 fully saturated rings. The molecular formula is C32H37NO8. The molecule has 9 heteroatoms. The molecule has 4 rings (SSSR count). The molecule has 1 heterocycles. The van der Waals surface area contributed by atoms with Crippen molar-refractivity contribution in [2.45, 2.75) is 46.1 Å². The molecule has 0 amide bonds. The number of oxime groups is 1. The van der Waals surface area contributed by atoms with Gasteiger partial charge in [0.15, 0.2) is 0 Å². The molecule has 3 aromatic rings. The predicted molar refractivity (Wildman–Crippen MR) is 154 cm³/mol. The van der Waals surface area contributed by atoms with Crippen molar-refractivity contribution in [3.8, 4) is 0 Å². The lowest BCUT2D eigenvalue weighted by atomic mass is 9.76. The Balaban J connectivity index is 1.46. The van der Waals surface area contributed by atoms with Crippen LogP contribution in [0.15, 0.2) is 59.8 Å². The Bertz CT molecular complexity index is 1360. The largest absolute Gasteiger partial charge is 0.463 e. The van der Waals surface area contributed by atoms with Gasteiger partial charge in [-0.1, -0.05) is 67.5 Å². The van der Waals surface area contributed by atoms with Crippen molar-refractivity contribution < 1.29 is 38.5 Å². The number of aliphatic hydroxyl groups excluding tert-OH is 1. The van der Waals surface area contributed by atoms with E-state index in [-0.39, 0.29) is 38.8 Å². The molecule has 0 radical (unpaired) electrons. The fraction of sp³-hybridized carbons (Fsp3) is 0.438. The quantitative estimate of drug-likeness (QED) is 0.0741. The molecule has 3 aromatic carbocycles. The third kappa shape index (κ3) is 7.68. The Kier molecular flexibility index (Phi) is 10.1. The van der Waals surface area contributed by atoms with Crippen LogP contribution in [-0.2, 0) is 33.4 Å². The Hall–Kier alpha value is -3.82. The minimum atomic E-state index is -0.977. The number of fused-ring (bicyclic) bond motifs is 2. The summed E-state index contributed by atoms with van der Waals surface area (Å²) in [5, 5.41) is 17.2. The van der Waals surface area contributed by atoms with Gasteiger partial charge in [0.25, 0.3) is 0 Å². The van der Waals surface area contributed by atoms with Crippen LogP contribution in [0.5, 0.6) is 0 Å². The van der Waals surface area contributed by atoms with Crippen LogP contribution in [0.25, 0.3) is 21.5 Å². The zero-order valence-corrected chi connectivity index (χ0v) is 23.7. The minimum Gasteiger partial charge on any atom is -0.463 e. The van der Waals surface area contributed by atoms with Crippen molar-refractivity contribution in [3.63, 3.8) is 0 Å². The van der Waals surface area contributed by atoms with E-state index < -0.39 is 35.2 Å². The van der Waals surface area contributed by atoms with Gasteiger partial charge in [-0.2, -0.15) is 0 Å². The van der Waals surface area contributed by atoms with Crippen LogP contribution in [0.3, 0.4) is 0 Å². The van der Waals surface area contributed by atoms with Crippen LogP contribution in [0.4, 0.5) is 0 Å². The van der Waals surface area contributed by atoms with Crippen molar-refractivity contribution in [2.24, 2.45) is 22.4 Å². The Labute approximate surface area is 239 Å². The second-order valence-electron chi connectivity index (χ2n) is 10.8. The van der Waals surface area contributed by atoms with Gasteiger partial charge in [0, 0.05) is 5.56 Å². The van der Waals surface area contributed by atoms with Crippen LogP contribution in [0, 0.1) is 17.3 Å². The van der Waals surface area contributed by atoms with E-state index in [1.807, 2.05) is 55.5 Å². The molecular weight excluding hydrogens is 526 g/mol. The molecule has 9 nitrogen and oxygen atoms in total. The predicted octanol–water partition coefficient (Wildman–Crippen LogP) is 4.80. The summed E-state index contributed by atoms with van der Waals surface area (Å²) in [6.07, 6.45) is 2.07. The summed E-state index contributed by atoms with van der Waals surface area (Å²) in [5.74, 6) is -3.16. The highest BCUT2D eigenvalue weighted by molar-refractivity contribution is 6.13. The number of carbonyl (C=O) groups excluding carboxylic acids is 3. The molecule has 1 saturated heterocycles. The summed E-state index contributed by atoms with van der Waals surface area (Å²) in [4.78, 5) is 44.0. The molecule has 218 valence electrons. The maximum absolute atomic E-state index is 13.0. The monoisotopic (exact) mass is 563 g/mol. The average molecular weight is 564 g/mol. The molecule has 0 aromatic heterocycles. The van der Waals surface area contributed by atoms with E-state index in [1.54, 1.807) is 13.8 Å². The van der Waals surface area contributed by atoms with Gasteiger partial charge in [0.05, 0.1) is 36.7 Å². The van der Waals surface area contributed by atoms with Gasteiger partial charge in [-0.25, -0.2) is 4.79 Å². The van der Waals surface area contributed by atoms with Crippen LogP contribution in [0.2, 0.25) is 0 Å². The van der Waals surface area contributed by atoms with E-state index in [0.717, 1.165) is 27.1 Å². The van der Waals surface area contributed by atoms with Crippen molar-refractivity contribution in [1.29, 1.82) is 0 Å². The van der Waals surface area contributed by atoms with Gasteiger partial charge >= 0.3 is 17.9 Å². The first-order valence-electron chi connectivity index (χ1n) is 14.0. The number of carbonyl (C=O) groups is 3. The Morgan fingerprint density at radius 1 is 1.07 bits per heavy atom. The maximum Gasteiger partial charge on any atom is 0.337 e. The second-order valence-corrected chi connectivity index (χ2v) is 10.8. The number of hydrogen-bond donors (Lipinski definition) is 1. The number of benzene rings is 3. The summed E-state index contributed by atoms with van der Waals surface area (Å²) in [6, 6.07) is 17.9. The Morgan fingerprint density at radius 2 is 1.71 bits per heavy atom. The SMILES string of the molecule is CCC(C)(CC(CC(C)C(=O)ON=Cc1c2ccccc2cc2ccccc12)C(=O)OCCO)C(=O)OCC1CO1. The Morgan fingerprint density at radius 3 is 2.29 bits per heavy atom. The van der Waals surface area contributed by atoms with Gasteiger partial charge in [0.1, 0.15) is 19.3 Å². The van der Waals surface area contributed by atoms with E-state index in [0.29, 0.717) is 13.0 Å². The third-order valence-electron chi connectivity index (χ3n) is 7.62. The van der Waals surface area contributed by atoms with Crippen molar-refractivity contribution in [2.75, 3.05) is 26.4 Å². The zero-order chi connectivity index (χ0) is 29.4. The van der Waals surface area contributed by atoms with Gasteiger partial charge < -0.3 is 24.2 Å². The molecule has 41 heavy (non-hydrogen) atoms. The normalized spacial score (nSPS) is 17.6.